The van der Waals surface area contributed by atoms with E-state index in [2.05, 4.69) is 0 Å². The Morgan fingerprint density at radius 3 is 2.47 bits per heavy atom. The minimum atomic E-state index is -3.93. The van der Waals surface area contributed by atoms with Crippen LogP contribution in [0.5, 0.6) is 5.75 Å². The maximum Gasteiger partial charge on any atom is 0.321 e. The summed E-state index contributed by atoms with van der Waals surface area (Å²) in [7, 11) is -3.93. The van der Waals surface area contributed by atoms with Crippen LogP contribution in [0.2, 0.25) is 0 Å². The molecule has 1 aromatic rings. The van der Waals surface area contributed by atoms with Crippen molar-refractivity contribution in [3.05, 3.63) is 23.8 Å². The summed E-state index contributed by atoms with van der Waals surface area (Å²) >= 11 is 0. The fourth-order valence-corrected chi connectivity index (χ4v) is 2.32. The van der Waals surface area contributed by atoms with Crippen LogP contribution in [0.15, 0.2) is 23.1 Å². The molecule has 0 aromatic heterocycles. The summed E-state index contributed by atoms with van der Waals surface area (Å²) in [5, 5.41) is 18.0. The van der Waals surface area contributed by atoms with Gasteiger partial charge in [-0.25, -0.2) is 8.42 Å². The van der Waals surface area contributed by atoms with Crippen LogP contribution in [-0.4, -0.2) is 30.6 Å². The third kappa shape index (κ3) is 3.18. The van der Waals surface area contributed by atoms with E-state index in [4.69, 9.17) is 5.11 Å². The van der Waals surface area contributed by atoms with E-state index >= 15 is 0 Å². The summed E-state index contributed by atoms with van der Waals surface area (Å²) in [5.74, 6) is -1.43. The molecule has 0 spiro atoms. The van der Waals surface area contributed by atoms with Gasteiger partial charge in [0.25, 0.3) is 0 Å². The molecule has 0 unspecified atom stereocenters. The lowest BCUT2D eigenvalue weighted by molar-refractivity contribution is -0.138. The SMILES string of the molecule is Cc1ccc(S(=O)(=O)N[C@@H](C)C(=O)O)cc1O. The number of aliphatic carboxylic acids is 1. The van der Waals surface area contributed by atoms with Gasteiger partial charge in [0.05, 0.1) is 4.90 Å². The monoisotopic (exact) mass is 259 g/mol. The van der Waals surface area contributed by atoms with Crippen LogP contribution in [0.3, 0.4) is 0 Å². The molecule has 0 saturated carbocycles. The molecule has 6 nitrogen and oxygen atoms in total. The number of phenols is 1. The summed E-state index contributed by atoms with van der Waals surface area (Å²) in [6.45, 7) is 2.84. The zero-order chi connectivity index (χ0) is 13.2. The van der Waals surface area contributed by atoms with E-state index in [1.165, 1.54) is 19.1 Å². The van der Waals surface area contributed by atoms with Gasteiger partial charge in [-0.15, -0.1) is 0 Å². The number of hydrogen-bond donors (Lipinski definition) is 3. The van der Waals surface area contributed by atoms with Gasteiger partial charge < -0.3 is 10.2 Å². The van der Waals surface area contributed by atoms with Crippen LogP contribution in [-0.2, 0) is 14.8 Å². The van der Waals surface area contributed by atoms with Gasteiger partial charge in [-0.05, 0) is 25.5 Å². The molecule has 0 fully saturated rings. The van der Waals surface area contributed by atoms with Crippen molar-refractivity contribution in [2.75, 3.05) is 0 Å². The number of rotatable bonds is 4. The van der Waals surface area contributed by atoms with E-state index < -0.39 is 22.0 Å². The quantitative estimate of drug-likeness (QED) is 0.728. The van der Waals surface area contributed by atoms with Crippen molar-refractivity contribution < 1.29 is 23.4 Å². The Morgan fingerprint density at radius 1 is 1.41 bits per heavy atom. The smallest absolute Gasteiger partial charge is 0.321 e. The summed E-state index contributed by atoms with van der Waals surface area (Å²) in [6, 6.07) is 2.58. The van der Waals surface area contributed by atoms with Gasteiger partial charge in [-0.2, -0.15) is 4.72 Å². The number of phenolic OH excluding ortho intramolecular Hbond substituents is 1. The highest BCUT2D eigenvalue weighted by Crippen LogP contribution is 2.20. The predicted molar refractivity (Wildman–Crippen MR) is 60.3 cm³/mol. The number of nitrogens with one attached hydrogen (secondary N) is 1. The molecule has 3 N–H and O–H groups in total. The van der Waals surface area contributed by atoms with Gasteiger partial charge in [-0.1, -0.05) is 6.07 Å². The first-order valence-electron chi connectivity index (χ1n) is 4.79. The van der Waals surface area contributed by atoms with Crippen molar-refractivity contribution in [2.24, 2.45) is 0 Å². The number of carboxylic acid groups (broad SMARTS) is 1. The fourth-order valence-electron chi connectivity index (χ4n) is 1.11. The van der Waals surface area contributed by atoms with Crippen LogP contribution in [0, 0.1) is 6.92 Å². The van der Waals surface area contributed by atoms with Gasteiger partial charge in [0, 0.05) is 6.07 Å². The van der Waals surface area contributed by atoms with Crippen molar-refractivity contribution in [2.45, 2.75) is 24.8 Å². The molecule has 1 atom stereocenters. The normalized spacial score (nSPS) is 13.3. The number of aryl methyl sites for hydroxylation is 1. The number of benzene rings is 1. The standard InChI is InChI=1S/C10H13NO5S/c1-6-3-4-8(5-9(6)12)17(15,16)11-7(2)10(13)14/h3-5,7,11-12H,1-2H3,(H,13,14)/t7-/m0/s1. The zero-order valence-corrected chi connectivity index (χ0v) is 10.2. The molecule has 7 heteroatoms. The third-order valence-corrected chi connectivity index (χ3v) is 3.73. The average Bonchev–Trinajstić information content (AvgIpc) is 2.21. The fraction of sp³-hybridized carbons (Fsp3) is 0.300. The molecule has 0 radical (unpaired) electrons. The first-order valence-corrected chi connectivity index (χ1v) is 6.27. The van der Waals surface area contributed by atoms with E-state index in [1.807, 2.05) is 4.72 Å². The molecule has 0 bridgehead atoms. The molecule has 94 valence electrons. The summed E-state index contributed by atoms with van der Waals surface area (Å²) in [4.78, 5) is 10.4. The Balaban J connectivity index is 3.05. The Kier molecular flexibility index (Phi) is 3.74. The van der Waals surface area contributed by atoms with Crippen molar-refractivity contribution >= 4 is 16.0 Å². The minimum absolute atomic E-state index is 0.157. The molecule has 0 amide bonds. The lowest BCUT2D eigenvalue weighted by Crippen LogP contribution is -2.38. The highest BCUT2D eigenvalue weighted by Gasteiger charge is 2.21. The topological polar surface area (TPSA) is 104 Å². The molecule has 0 heterocycles. The number of sulfonamides is 1. The maximum absolute atomic E-state index is 11.7. The largest absolute Gasteiger partial charge is 0.508 e. The first kappa shape index (κ1) is 13.5. The molecule has 0 saturated heterocycles. The van der Waals surface area contributed by atoms with Crippen LogP contribution in [0.4, 0.5) is 0 Å². The Bertz CT molecular complexity index is 538. The second-order valence-corrected chi connectivity index (χ2v) is 5.34. The Labute approximate surface area is 99.0 Å². The van der Waals surface area contributed by atoms with E-state index in [1.54, 1.807) is 6.92 Å². The zero-order valence-electron chi connectivity index (χ0n) is 9.34. The van der Waals surface area contributed by atoms with Crippen LogP contribution in [0.25, 0.3) is 0 Å². The number of carboxylic acids is 1. The molecular formula is C10H13NO5S. The minimum Gasteiger partial charge on any atom is -0.508 e. The highest BCUT2D eigenvalue weighted by molar-refractivity contribution is 7.89. The Morgan fingerprint density at radius 2 is 2.00 bits per heavy atom. The Hall–Kier alpha value is -1.60. The second kappa shape index (κ2) is 4.72. The molecule has 1 aromatic carbocycles. The van der Waals surface area contributed by atoms with Gasteiger partial charge in [0.2, 0.25) is 10.0 Å². The summed E-state index contributed by atoms with van der Waals surface area (Å²) < 4.78 is 25.4. The van der Waals surface area contributed by atoms with E-state index in [-0.39, 0.29) is 10.6 Å². The molecule has 0 aliphatic carbocycles. The molecule has 0 aliphatic heterocycles. The lowest BCUT2D eigenvalue weighted by atomic mass is 10.2. The molecule has 17 heavy (non-hydrogen) atoms. The van der Waals surface area contributed by atoms with Gasteiger partial charge in [0.1, 0.15) is 11.8 Å². The molecule has 1 rings (SSSR count). The van der Waals surface area contributed by atoms with E-state index in [9.17, 15) is 18.3 Å². The maximum atomic E-state index is 11.7. The second-order valence-electron chi connectivity index (χ2n) is 3.63. The summed E-state index contributed by atoms with van der Waals surface area (Å²) in [6.07, 6.45) is 0. The van der Waals surface area contributed by atoms with Gasteiger partial charge in [0.15, 0.2) is 0 Å². The van der Waals surface area contributed by atoms with Crippen LogP contribution in [0.1, 0.15) is 12.5 Å². The number of carbonyl (C=O) groups is 1. The van der Waals surface area contributed by atoms with Crippen molar-refractivity contribution in [3.63, 3.8) is 0 Å². The van der Waals surface area contributed by atoms with E-state index in [0.29, 0.717) is 5.56 Å². The first-order chi connectivity index (χ1) is 7.74. The number of hydrogen-bond acceptors (Lipinski definition) is 4. The van der Waals surface area contributed by atoms with Gasteiger partial charge in [-0.3, -0.25) is 4.79 Å². The van der Waals surface area contributed by atoms with Crippen LogP contribution >= 0.6 is 0 Å². The average molecular weight is 259 g/mol. The predicted octanol–water partition coefficient (Wildman–Crippen LogP) is 0.452. The third-order valence-electron chi connectivity index (χ3n) is 2.19. The lowest BCUT2D eigenvalue weighted by Gasteiger charge is -2.10. The van der Waals surface area contributed by atoms with Gasteiger partial charge >= 0.3 is 5.97 Å². The van der Waals surface area contributed by atoms with E-state index in [0.717, 1.165) is 6.07 Å². The molecule has 0 aliphatic rings. The van der Waals surface area contributed by atoms with Crippen LogP contribution < -0.4 is 4.72 Å². The highest BCUT2D eigenvalue weighted by atomic mass is 32.2. The van der Waals surface area contributed by atoms with Crippen molar-refractivity contribution in [3.8, 4) is 5.75 Å². The molecular weight excluding hydrogens is 246 g/mol. The van der Waals surface area contributed by atoms with Crippen molar-refractivity contribution in [1.82, 2.24) is 4.72 Å². The summed E-state index contributed by atoms with van der Waals surface area (Å²) in [5.41, 5.74) is 0.537. The number of aromatic hydroxyl groups is 1. The van der Waals surface area contributed by atoms with Crippen molar-refractivity contribution in [1.29, 1.82) is 0 Å².